The van der Waals surface area contributed by atoms with Crippen molar-refractivity contribution in [2.75, 3.05) is 6.54 Å². The van der Waals surface area contributed by atoms with Crippen LogP contribution in [0.2, 0.25) is 0 Å². The molecule has 0 aromatic heterocycles. The van der Waals surface area contributed by atoms with Crippen LogP contribution in [0.4, 0.5) is 0 Å². The second kappa shape index (κ2) is 3.78. The van der Waals surface area contributed by atoms with E-state index in [0.29, 0.717) is 11.5 Å². The normalized spacial score (nSPS) is 30.5. The van der Waals surface area contributed by atoms with E-state index in [-0.39, 0.29) is 0 Å². The summed E-state index contributed by atoms with van der Waals surface area (Å²) in [5.41, 5.74) is 0.571. The van der Waals surface area contributed by atoms with E-state index in [0.717, 1.165) is 12.5 Å². The summed E-state index contributed by atoms with van der Waals surface area (Å²) in [6.07, 6.45) is 4.25. The molecule has 1 aliphatic rings. The summed E-state index contributed by atoms with van der Waals surface area (Å²) < 4.78 is 0. The Kier molecular flexibility index (Phi) is 3.16. The summed E-state index contributed by atoms with van der Waals surface area (Å²) in [5.74, 6) is 0.887. The summed E-state index contributed by atoms with van der Waals surface area (Å²) >= 11 is 0. The molecule has 12 heavy (non-hydrogen) atoms. The minimum Gasteiger partial charge on any atom is -0.314 e. The molecule has 1 rings (SSSR count). The first-order chi connectivity index (χ1) is 5.58. The van der Waals surface area contributed by atoms with Gasteiger partial charge in [0.1, 0.15) is 0 Å². The lowest BCUT2D eigenvalue weighted by Gasteiger charge is -2.32. The van der Waals surface area contributed by atoms with Crippen molar-refractivity contribution in [1.29, 1.82) is 0 Å². The molecule has 0 amide bonds. The van der Waals surface area contributed by atoms with Gasteiger partial charge in [-0.05, 0) is 37.6 Å². The van der Waals surface area contributed by atoms with E-state index in [1.54, 1.807) is 0 Å². The first kappa shape index (κ1) is 10.0. The predicted octanol–water partition coefficient (Wildman–Crippen LogP) is 2.81. The fraction of sp³-hybridized carbons (Fsp3) is 1.00. The molecule has 0 bridgehead atoms. The standard InChI is InChI=1S/C11H23N/c1-5-12-9(2)10-7-6-8-11(10,3)4/h9-10,12H,5-8H2,1-4H3. The fourth-order valence-corrected chi connectivity index (χ4v) is 2.74. The van der Waals surface area contributed by atoms with E-state index >= 15 is 0 Å². The summed E-state index contributed by atoms with van der Waals surface area (Å²) in [7, 11) is 0. The Morgan fingerprint density at radius 3 is 2.58 bits per heavy atom. The van der Waals surface area contributed by atoms with Crippen molar-refractivity contribution in [2.24, 2.45) is 11.3 Å². The van der Waals surface area contributed by atoms with E-state index in [9.17, 15) is 0 Å². The Labute approximate surface area is 76.9 Å². The van der Waals surface area contributed by atoms with Gasteiger partial charge in [0.15, 0.2) is 0 Å². The van der Waals surface area contributed by atoms with Crippen molar-refractivity contribution in [3.63, 3.8) is 0 Å². The molecular weight excluding hydrogens is 146 g/mol. The summed E-state index contributed by atoms with van der Waals surface area (Å²) in [6.45, 7) is 10.5. The van der Waals surface area contributed by atoms with Crippen molar-refractivity contribution in [3.05, 3.63) is 0 Å². The zero-order chi connectivity index (χ0) is 9.19. The second-order valence-electron chi connectivity index (χ2n) is 4.83. The van der Waals surface area contributed by atoms with E-state index in [4.69, 9.17) is 0 Å². The Balaban J connectivity index is 2.50. The highest BCUT2D eigenvalue weighted by Crippen LogP contribution is 2.44. The predicted molar refractivity (Wildman–Crippen MR) is 54.3 cm³/mol. The maximum Gasteiger partial charge on any atom is 0.00719 e. The van der Waals surface area contributed by atoms with E-state index in [1.165, 1.54) is 19.3 Å². The molecule has 0 saturated heterocycles. The number of hydrogen-bond acceptors (Lipinski definition) is 1. The maximum absolute atomic E-state index is 3.54. The lowest BCUT2D eigenvalue weighted by Crippen LogP contribution is -2.38. The van der Waals surface area contributed by atoms with Gasteiger partial charge in [0.05, 0.1) is 0 Å². The van der Waals surface area contributed by atoms with Gasteiger partial charge in [-0.1, -0.05) is 27.2 Å². The van der Waals surface area contributed by atoms with Crippen LogP contribution in [0.1, 0.15) is 47.0 Å². The molecule has 2 unspecified atom stereocenters. The third kappa shape index (κ3) is 2.01. The second-order valence-corrected chi connectivity index (χ2v) is 4.83. The zero-order valence-electron chi connectivity index (χ0n) is 8.98. The van der Waals surface area contributed by atoms with Gasteiger partial charge < -0.3 is 5.32 Å². The minimum absolute atomic E-state index is 0.571. The highest BCUT2D eigenvalue weighted by molar-refractivity contribution is 4.90. The largest absolute Gasteiger partial charge is 0.314 e. The Bertz CT molecular complexity index is 140. The van der Waals surface area contributed by atoms with Crippen LogP contribution in [0.25, 0.3) is 0 Å². The summed E-state index contributed by atoms with van der Waals surface area (Å²) in [5, 5.41) is 3.54. The van der Waals surface area contributed by atoms with Crippen molar-refractivity contribution < 1.29 is 0 Å². The lowest BCUT2D eigenvalue weighted by molar-refractivity contribution is 0.208. The fourth-order valence-electron chi connectivity index (χ4n) is 2.74. The number of rotatable bonds is 3. The Morgan fingerprint density at radius 2 is 2.17 bits per heavy atom. The minimum atomic E-state index is 0.571. The number of hydrogen-bond donors (Lipinski definition) is 1. The quantitative estimate of drug-likeness (QED) is 0.685. The van der Waals surface area contributed by atoms with Gasteiger partial charge in [-0.25, -0.2) is 0 Å². The van der Waals surface area contributed by atoms with Gasteiger partial charge in [-0.15, -0.1) is 0 Å². The molecule has 72 valence electrons. The molecule has 1 aliphatic carbocycles. The molecule has 0 aromatic rings. The van der Waals surface area contributed by atoms with Crippen LogP contribution in [0, 0.1) is 11.3 Å². The Morgan fingerprint density at radius 1 is 1.50 bits per heavy atom. The molecule has 1 saturated carbocycles. The van der Waals surface area contributed by atoms with Gasteiger partial charge >= 0.3 is 0 Å². The molecule has 2 atom stereocenters. The van der Waals surface area contributed by atoms with Crippen LogP contribution in [0.3, 0.4) is 0 Å². The molecule has 0 aromatic carbocycles. The Hall–Kier alpha value is -0.0400. The van der Waals surface area contributed by atoms with E-state index in [1.807, 2.05) is 0 Å². The first-order valence-corrected chi connectivity index (χ1v) is 5.31. The van der Waals surface area contributed by atoms with Crippen LogP contribution in [-0.2, 0) is 0 Å². The summed E-state index contributed by atoms with van der Waals surface area (Å²) in [4.78, 5) is 0. The first-order valence-electron chi connectivity index (χ1n) is 5.31. The average molecular weight is 169 g/mol. The van der Waals surface area contributed by atoms with Crippen molar-refractivity contribution in [1.82, 2.24) is 5.32 Å². The molecule has 0 radical (unpaired) electrons. The molecular formula is C11H23N. The third-order valence-corrected chi connectivity index (χ3v) is 3.47. The molecule has 0 heterocycles. The van der Waals surface area contributed by atoms with Gasteiger partial charge in [-0.3, -0.25) is 0 Å². The van der Waals surface area contributed by atoms with Gasteiger partial charge in [0, 0.05) is 6.04 Å². The topological polar surface area (TPSA) is 12.0 Å². The highest BCUT2D eigenvalue weighted by Gasteiger charge is 2.37. The van der Waals surface area contributed by atoms with Crippen molar-refractivity contribution in [2.45, 2.75) is 53.0 Å². The maximum atomic E-state index is 3.54. The molecule has 1 nitrogen and oxygen atoms in total. The van der Waals surface area contributed by atoms with Crippen molar-refractivity contribution >= 4 is 0 Å². The van der Waals surface area contributed by atoms with Gasteiger partial charge in [-0.2, -0.15) is 0 Å². The monoisotopic (exact) mass is 169 g/mol. The van der Waals surface area contributed by atoms with Crippen LogP contribution >= 0.6 is 0 Å². The molecule has 1 N–H and O–H groups in total. The van der Waals surface area contributed by atoms with Crippen LogP contribution < -0.4 is 5.32 Å². The van der Waals surface area contributed by atoms with Crippen molar-refractivity contribution in [3.8, 4) is 0 Å². The molecule has 1 fully saturated rings. The average Bonchev–Trinajstić information content (AvgIpc) is 2.30. The van der Waals surface area contributed by atoms with Gasteiger partial charge in [0.25, 0.3) is 0 Å². The highest BCUT2D eigenvalue weighted by atomic mass is 14.9. The molecule has 0 aliphatic heterocycles. The van der Waals surface area contributed by atoms with E-state index < -0.39 is 0 Å². The van der Waals surface area contributed by atoms with Gasteiger partial charge in [0.2, 0.25) is 0 Å². The van der Waals surface area contributed by atoms with E-state index in [2.05, 4.69) is 33.0 Å². The molecule has 1 heteroatoms. The van der Waals surface area contributed by atoms with Crippen LogP contribution in [-0.4, -0.2) is 12.6 Å². The smallest absolute Gasteiger partial charge is 0.00719 e. The molecule has 0 spiro atoms. The summed E-state index contributed by atoms with van der Waals surface area (Å²) in [6, 6.07) is 0.701. The van der Waals surface area contributed by atoms with Crippen LogP contribution in [0.5, 0.6) is 0 Å². The number of nitrogens with one attached hydrogen (secondary N) is 1. The SMILES string of the molecule is CCNC(C)C1CCCC1(C)C. The lowest BCUT2D eigenvalue weighted by atomic mass is 9.78. The van der Waals surface area contributed by atoms with Crippen LogP contribution in [0.15, 0.2) is 0 Å². The third-order valence-electron chi connectivity index (χ3n) is 3.47. The zero-order valence-corrected chi connectivity index (χ0v) is 8.98.